The molecular weight excluding hydrogens is 374 g/mol. The van der Waals surface area contributed by atoms with Crippen LogP contribution in [0.5, 0.6) is 0 Å². The number of nitrogens with zero attached hydrogens (tertiary/aromatic N) is 4. The van der Waals surface area contributed by atoms with Crippen LogP contribution in [0.2, 0.25) is 0 Å². The molecule has 1 N–H and O–H groups in total. The molecule has 1 aliphatic rings. The van der Waals surface area contributed by atoms with E-state index in [4.69, 9.17) is 14.9 Å². The van der Waals surface area contributed by atoms with Crippen LogP contribution in [-0.2, 0) is 28.9 Å². The topological polar surface area (TPSA) is 81.9 Å². The fourth-order valence-corrected chi connectivity index (χ4v) is 4.70. The molecule has 0 fully saturated rings. The minimum absolute atomic E-state index is 0.197. The van der Waals surface area contributed by atoms with Crippen LogP contribution >= 0.6 is 11.3 Å². The van der Waals surface area contributed by atoms with Crippen LogP contribution < -0.4 is 5.48 Å². The Labute approximate surface area is 167 Å². The number of carbonyl (C=O) groups is 1. The van der Waals surface area contributed by atoms with E-state index in [-0.39, 0.29) is 18.4 Å². The van der Waals surface area contributed by atoms with E-state index in [1.54, 1.807) is 11.3 Å². The number of aryl methyl sites for hydroxylation is 2. The summed E-state index contributed by atoms with van der Waals surface area (Å²) in [5.74, 6) is -0.197. The highest BCUT2D eigenvalue weighted by Gasteiger charge is 2.30. The van der Waals surface area contributed by atoms with E-state index in [0.717, 1.165) is 51.1 Å². The summed E-state index contributed by atoms with van der Waals surface area (Å²) in [7, 11) is 1.43. The Morgan fingerprint density at radius 2 is 2.18 bits per heavy atom. The van der Waals surface area contributed by atoms with E-state index < -0.39 is 0 Å². The second kappa shape index (κ2) is 7.44. The van der Waals surface area contributed by atoms with Crippen LogP contribution in [-0.4, -0.2) is 32.8 Å². The normalized spacial score (nSPS) is 12.8. The number of hydrogen-bond donors (Lipinski definition) is 1. The molecule has 146 valence electrons. The lowest BCUT2D eigenvalue weighted by molar-refractivity contribution is -0.130. The zero-order valence-electron chi connectivity index (χ0n) is 16.4. The van der Waals surface area contributed by atoms with Crippen molar-refractivity contribution in [3.63, 3.8) is 0 Å². The Bertz CT molecular complexity index is 1020. The maximum absolute atomic E-state index is 11.9. The molecule has 0 unspecified atom stereocenters. The molecule has 3 aromatic heterocycles. The largest absolute Gasteiger partial charge is 0.277 e. The molecule has 1 aliphatic carbocycles. The molecular formula is C20H23N5O2S. The van der Waals surface area contributed by atoms with E-state index in [2.05, 4.69) is 35.1 Å². The van der Waals surface area contributed by atoms with Gasteiger partial charge in [-0.3, -0.25) is 19.3 Å². The highest BCUT2D eigenvalue weighted by atomic mass is 32.1. The van der Waals surface area contributed by atoms with Crippen molar-refractivity contribution in [2.75, 3.05) is 7.11 Å². The van der Waals surface area contributed by atoms with Gasteiger partial charge in [0.05, 0.1) is 35.5 Å². The molecule has 0 spiro atoms. The smallest absolute Gasteiger partial charge is 0.250 e. The van der Waals surface area contributed by atoms with E-state index in [9.17, 15) is 4.79 Å². The van der Waals surface area contributed by atoms with Crippen molar-refractivity contribution < 1.29 is 9.63 Å². The number of nitrogens with one attached hydrogen (secondary N) is 1. The highest BCUT2D eigenvalue weighted by molar-refractivity contribution is 7.15. The number of rotatable bonds is 5. The second-order valence-corrected chi connectivity index (χ2v) is 8.28. The number of amides is 1. The van der Waals surface area contributed by atoms with E-state index >= 15 is 0 Å². The predicted molar refractivity (Wildman–Crippen MR) is 108 cm³/mol. The van der Waals surface area contributed by atoms with Crippen molar-refractivity contribution in [2.45, 2.75) is 46.1 Å². The van der Waals surface area contributed by atoms with Gasteiger partial charge in [0, 0.05) is 29.1 Å². The minimum Gasteiger partial charge on any atom is -0.277 e. The zero-order valence-corrected chi connectivity index (χ0v) is 17.3. The monoisotopic (exact) mass is 397 g/mol. The quantitative estimate of drug-likeness (QED) is 0.668. The van der Waals surface area contributed by atoms with Crippen LogP contribution in [0.25, 0.3) is 21.8 Å². The average Bonchev–Trinajstić information content (AvgIpc) is 3.23. The van der Waals surface area contributed by atoms with Gasteiger partial charge in [0.1, 0.15) is 5.01 Å². The second-order valence-electron chi connectivity index (χ2n) is 7.19. The lowest BCUT2D eigenvalue weighted by atomic mass is 9.95. The standard InChI is InChI=1S/C20H23N5O2S/c1-11(2)25-19-14(18(23-25)13-6-5-12(3)21-10-13)7-8-15-20(19)28-17(22-15)9-16(26)24-27-4/h5-6,10-11H,7-9H2,1-4H3,(H,24,26). The lowest BCUT2D eigenvalue weighted by Crippen LogP contribution is -2.23. The summed E-state index contributed by atoms with van der Waals surface area (Å²) in [6.45, 7) is 6.25. The van der Waals surface area contributed by atoms with Crippen molar-refractivity contribution in [3.8, 4) is 21.8 Å². The van der Waals surface area contributed by atoms with E-state index in [1.165, 1.54) is 12.7 Å². The Morgan fingerprint density at radius 3 is 2.86 bits per heavy atom. The summed E-state index contributed by atoms with van der Waals surface area (Å²) in [6, 6.07) is 4.32. The van der Waals surface area contributed by atoms with Crippen molar-refractivity contribution in [3.05, 3.63) is 40.3 Å². The first-order valence-electron chi connectivity index (χ1n) is 9.33. The van der Waals surface area contributed by atoms with Gasteiger partial charge in [0.25, 0.3) is 0 Å². The van der Waals surface area contributed by atoms with Crippen molar-refractivity contribution in [1.82, 2.24) is 25.2 Å². The zero-order chi connectivity index (χ0) is 19.8. The van der Waals surface area contributed by atoms with Gasteiger partial charge in [-0.2, -0.15) is 5.10 Å². The van der Waals surface area contributed by atoms with Crippen LogP contribution in [0.1, 0.15) is 41.8 Å². The first kappa shape index (κ1) is 18.8. The molecule has 0 bridgehead atoms. The molecule has 0 aliphatic heterocycles. The molecule has 3 aromatic rings. The van der Waals surface area contributed by atoms with Gasteiger partial charge >= 0.3 is 0 Å². The summed E-state index contributed by atoms with van der Waals surface area (Å²) < 4.78 is 2.08. The third-order valence-electron chi connectivity index (χ3n) is 4.78. The molecule has 0 radical (unpaired) electrons. The number of pyridine rings is 1. The first-order chi connectivity index (χ1) is 13.5. The molecule has 7 nitrogen and oxygen atoms in total. The number of fused-ring (bicyclic) bond motifs is 3. The Hall–Kier alpha value is -2.58. The van der Waals surface area contributed by atoms with Crippen LogP contribution in [0.15, 0.2) is 18.3 Å². The summed E-state index contributed by atoms with van der Waals surface area (Å²) in [6.07, 6.45) is 3.84. The number of carbonyl (C=O) groups excluding carboxylic acids is 1. The Balaban J connectivity index is 1.79. The summed E-state index contributed by atoms with van der Waals surface area (Å²) >= 11 is 1.57. The predicted octanol–water partition coefficient (Wildman–Crippen LogP) is 3.28. The highest BCUT2D eigenvalue weighted by Crippen LogP contribution is 2.42. The summed E-state index contributed by atoms with van der Waals surface area (Å²) in [5.41, 5.74) is 8.79. The van der Waals surface area contributed by atoms with E-state index in [1.807, 2.05) is 19.2 Å². The van der Waals surface area contributed by atoms with Crippen molar-refractivity contribution in [2.24, 2.45) is 0 Å². The SMILES string of the molecule is CONC(=O)Cc1nc2c(s1)-c1c(c(-c3ccc(C)nc3)nn1C(C)C)CC2. The number of thiazole rings is 1. The van der Waals surface area contributed by atoms with Crippen LogP contribution in [0.4, 0.5) is 0 Å². The molecule has 4 rings (SSSR count). The lowest BCUT2D eigenvalue weighted by Gasteiger charge is -2.16. The van der Waals surface area contributed by atoms with Gasteiger partial charge in [-0.05, 0) is 45.7 Å². The van der Waals surface area contributed by atoms with Gasteiger partial charge in [-0.25, -0.2) is 10.5 Å². The van der Waals surface area contributed by atoms with E-state index in [0.29, 0.717) is 0 Å². The van der Waals surface area contributed by atoms with Gasteiger partial charge < -0.3 is 0 Å². The molecule has 8 heteroatoms. The fraction of sp³-hybridized carbons (Fsp3) is 0.400. The molecule has 3 heterocycles. The van der Waals surface area contributed by atoms with Crippen LogP contribution in [0.3, 0.4) is 0 Å². The van der Waals surface area contributed by atoms with Gasteiger partial charge in [0.15, 0.2) is 0 Å². The number of aromatic nitrogens is 4. The fourth-order valence-electron chi connectivity index (χ4n) is 3.52. The third-order valence-corrected chi connectivity index (χ3v) is 5.88. The maximum atomic E-state index is 11.9. The van der Waals surface area contributed by atoms with Crippen molar-refractivity contribution >= 4 is 17.2 Å². The van der Waals surface area contributed by atoms with Crippen molar-refractivity contribution in [1.29, 1.82) is 0 Å². The van der Waals surface area contributed by atoms with Crippen LogP contribution in [0, 0.1) is 6.92 Å². The molecule has 0 saturated carbocycles. The number of hydrogen-bond acceptors (Lipinski definition) is 6. The Kier molecular flexibility index (Phi) is 4.99. The third kappa shape index (κ3) is 3.33. The molecule has 0 saturated heterocycles. The molecule has 0 aromatic carbocycles. The van der Waals surface area contributed by atoms with Gasteiger partial charge in [-0.15, -0.1) is 11.3 Å². The minimum atomic E-state index is -0.197. The van der Waals surface area contributed by atoms with Gasteiger partial charge in [0.2, 0.25) is 5.91 Å². The molecule has 28 heavy (non-hydrogen) atoms. The molecule has 0 atom stereocenters. The Morgan fingerprint density at radius 1 is 1.36 bits per heavy atom. The maximum Gasteiger partial charge on any atom is 0.250 e. The van der Waals surface area contributed by atoms with Gasteiger partial charge in [-0.1, -0.05) is 0 Å². The number of hydroxylamine groups is 1. The summed E-state index contributed by atoms with van der Waals surface area (Å²) in [5, 5.41) is 5.74. The molecule has 1 amide bonds. The average molecular weight is 398 g/mol. The summed E-state index contributed by atoms with van der Waals surface area (Å²) in [4.78, 5) is 26.8. The first-order valence-corrected chi connectivity index (χ1v) is 10.1.